The number of likely N-dealkylation sites (N-methyl/N-ethyl adjacent to an activating group) is 1. The number of benzene rings is 1. The van der Waals surface area contributed by atoms with E-state index >= 15 is 0 Å². The molecule has 0 saturated carbocycles. The highest BCUT2D eigenvalue weighted by molar-refractivity contribution is 9.10. The van der Waals surface area contributed by atoms with Gasteiger partial charge in [0.05, 0.1) is 9.37 Å². The second-order valence-electron chi connectivity index (χ2n) is 4.61. The van der Waals surface area contributed by atoms with Gasteiger partial charge in [-0.3, -0.25) is 4.79 Å². The summed E-state index contributed by atoms with van der Waals surface area (Å²) < 4.78 is 39.3. The highest BCUT2D eigenvalue weighted by Gasteiger charge is 2.27. The smallest absolute Gasteiger partial charge is 0.318 e. The highest BCUT2D eigenvalue weighted by atomic mass is 79.9. The summed E-state index contributed by atoms with van der Waals surface area (Å²) in [4.78, 5) is 12.3. The van der Waals surface area contributed by atoms with Gasteiger partial charge in [-0.1, -0.05) is 0 Å². The summed E-state index contributed by atoms with van der Waals surface area (Å²) in [5.74, 6) is -1.99. The largest absolute Gasteiger partial charge is 0.480 e. The number of sulfonamides is 1. The van der Waals surface area contributed by atoms with E-state index < -0.39 is 28.4 Å². The van der Waals surface area contributed by atoms with Crippen LogP contribution in [0.1, 0.15) is 0 Å². The minimum Gasteiger partial charge on any atom is -0.480 e. The van der Waals surface area contributed by atoms with Crippen molar-refractivity contribution in [3.63, 3.8) is 0 Å². The number of carbonyl (C=O) groups is 1. The Morgan fingerprint density at radius 3 is 2.43 bits per heavy atom. The number of aliphatic carboxylic acids is 1. The average molecular weight is 383 g/mol. The Labute approximate surface area is 131 Å². The molecule has 21 heavy (non-hydrogen) atoms. The monoisotopic (exact) mass is 382 g/mol. The third-order valence-electron chi connectivity index (χ3n) is 2.64. The molecule has 0 bridgehead atoms. The molecule has 0 fully saturated rings. The lowest BCUT2D eigenvalue weighted by Gasteiger charge is -2.22. The molecule has 118 valence electrons. The molecule has 0 saturated heterocycles. The molecule has 0 aliphatic carbocycles. The van der Waals surface area contributed by atoms with Crippen molar-refractivity contribution in [1.82, 2.24) is 9.21 Å². The van der Waals surface area contributed by atoms with Gasteiger partial charge in [0.1, 0.15) is 12.4 Å². The molecular formula is C12H16BrFN2O4S. The van der Waals surface area contributed by atoms with E-state index in [9.17, 15) is 17.6 Å². The zero-order valence-corrected chi connectivity index (χ0v) is 14.0. The Morgan fingerprint density at radius 2 is 1.95 bits per heavy atom. The first-order valence-electron chi connectivity index (χ1n) is 5.96. The van der Waals surface area contributed by atoms with Crippen molar-refractivity contribution < 1.29 is 22.7 Å². The van der Waals surface area contributed by atoms with Crippen LogP contribution in [0, 0.1) is 5.82 Å². The Balaban J connectivity index is 3.12. The Kier molecular flexibility index (Phi) is 6.26. The summed E-state index contributed by atoms with van der Waals surface area (Å²) in [5, 5.41) is 8.86. The topological polar surface area (TPSA) is 77.9 Å². The van der Waals surface area contributed by atoms with Gasteiger partial charge in [-0.15, -0.1) is 0 Å². The standard InChI is InChI=1S/C12H16BrFN2O4S/c1-15(2)5-6-16(8-12(17)18)21(19,20)9-3-4-10(13)11(14)7-9/h3-4,7H,5-6,8H2,1-2H3,(H,17,18). The van der Waals surface area contributed by atoms with Crippen LogP contribution < -0.4 is 0 Å². The van der Waals surface area contributed by atoms with Gasteiger partial charge in [0.2, 0.25) is 10.0 Å². The van der Waals surface area contributed by atoms with E-state index in [1.807, 2.05) is 0 Å². The van der Waals surface area contributed by atoms with Crippen LogP contribution in [0.25, 0.3) is 0 Å². The fraction of sp³-hybridized carbons (Fsp3) is 0.417. The van der Waals surface area contributed by atoms with E-state index in [1.165, 1.54) is 12.1 Å². The summed E-state index contributed by atoms with van der Waals surface area (Å²) in [6.45, 7) is -0.321. The summed E-state index contributed by atoms with van der Waals surface area (Å²) >= 11 is 2.94. The van der Waals surface area contributed by atoms with Crippen LogP contribution in [-0.2, 0) is 14.8 Å². The number of hydrogen-bond donors (Lipinski definition) is 1. The molecular weight excluding hydrogens is 367 g/mol. The van der Waals surface area contributed by atoms with E-state index in [-0.39, 0.29) is 15.9 Å². The molecule has 6 nitrogen and oxygen atoms in total. The SMILES string of the molecule is CN(C)CCN(CC(=O)O)S(=O)(=O)c1ccc(Br)c(F)c1. The fourth-order valence-corrected chi connectivity index (χ4v) is 3.17. The molecule has 0 heterocycles. The van der Waals surface area contributed by atoms with Crippen LogP contribution >= 0.6 is 15.9 Å². The van der Waals surface area contributed by atoms with Crippen molar-refractivity contribution in [3.05, 3.63) is 28.5 Å². The first kappa shape index (κ1) is 18.0. The van der Waals surface area contributed by atoms with Crippen molar-refractivity contribution in [2.75, 3.05) is 33.7 Å². The summed E-state index contributed by atoms with van der Waals surface area (Å²) in [5.41, 5.74) is 0. The maximum atomic E-state index is 13.5. The van der Waals surface area contributed by atoms with E-state index in [0.29, 0.717) is 6.54 Å². The van der Waals surface area contributed by atoms with Gasteiger partial charge in [-0.2, -0.15) is 4.31 Å². The highest BCUT2D eigenvalue weighted by Crippen LogP contribution is 2.22. The second kappa shape index (κ2) is 7.30. The minimum absolute atomic E-state index is 0.000678. The molecule has 1 rings (SSSR count). The molecule has 1 aromatic rings. The molecule has 0 unspecified atom stereocenters. The maximum Gasteiger partial charge on any atom is 0.318 e. The van der Waals surface area contributed by atoms with E-state index in [1.54, 1.807) is 19.0 Å². The number of carboxylic acids is 1. The predicted molar refractivity (Wildman–Crippen MR) is 79.0 cm³/mol. The third-order valence-corrected chi connectivity index (χ3v) is 5.12. The van der Waals surface area contributed by atoms with Gasteiger partial charge in [0, 0.05) is 13.1 Å². The number of carboxylic acid groups (broad SMARTS) is 1. The minimum atomic E-state index is -4.07. The number of halogens is 2. The number of nitrogens with zero attached hydrogens (tertiary/aromatic N) is 2. The van der Waals surface area contributed by atoms with Gasteiger partial charge in [-0.25, -0.2) is 12.8 Å². The van der Waals surface area contributed by atoms with Crippen LogP contribution in [0.2, 0.25) is 0 Å². The molecule has 0 aliphatic rings. The van der Waals surface area contributed by atoms with Gasteiger partial charge in [-0.05, 0) is 48.2 Å². The third kappa shape index (κ3) is 5.03. The summed E-state index contributed by atoms with van der Waals surface area (Å²) in [7, 11) is -0.584. The van der Waals surface area contributed by atoms with E-state index in [4.69, 9.17) is 5.11 Å². The predicted octanol–water partition coefficient (Wildman–Crippen LogP) is 1.23. The number of rotatable bonds is 7. The van der Waals surface area contributed by atoms with E-state index in [0.717, 1.165) is 10.4 Å². The first-order chi connectivity index (χ1) is 9.64. The van der Waals surface area contributed by atoms with Crippen LogP contribution in [-0.4, -0.2) is 62.4 Å². The lowest BCUT2D eigenvalue weighted by atomic mass is 10.3. The van der Waals surface area contributed by atoms with Gasteiger partial charge < -0.3 is 10.0 Å². The molecule has 0 spiro atoms. The Hall–Kier alpha value is -1.03. The van der Waals surface area contributed by atoms with Gasteiger partial charge >= 0.3 is 5.97 Å². The Bertz CT molecular complexity index is 622. The quantitative estimate of drug-likeness (QED) is 0.766. The van der Waals surface area contributed by atoms with Crippen molar-refractivity contribution in [3.8, 4) is 0 Å². The molecule has 0 radical (unpaired) electrons. The molecule has 0 amide bonds. The molecule has 1 aromatic carbocycles. The first-order valence-corrected chi connectivity index (χ1v) is 8.19. The lowest BCUT2D eigenvalue weighted by molar-refractivity contribution is -0.137. The molecule has 0 aliphatic heterocycles. The summed E-state index contributed by atoms with van der Waals surface area (Å²) in [6.07, 6.45) is 0. The molecule has 0 atom stereocenters. The normalized spacial score (nSPS) is 12.1. The zero-order chi connectivity index (χ0) is 16.2. The van der Waals surface area contributed by atoms with Crippen LogP contribution in [0.3, 0.4) is 0 Å². The lowest BCUT2D eigenvalue weighted by Crippen LogP contribution is -2.40. The molecule has 9 heteroatoms. The van der Waals surface area contributed by atoms with Crippen LogP contribution in [0.15, 0.2) is 27.6 Å². The Morgan fingerprint density at radius 1 is 1.33 bits per heavy atom. The summed E-state index contributed by atoms with van der Waals surface area (Å²) in [6, 6.07) is 3.37. The van der Waals surface area contributed by atoms with Crippen LogP contribution in [0.4, 0.5) is 4.39 Å². The molecule has 0 aromatic heterocycles. The van der Waals surface area contributed by atoms with Crippen molar-refractivity contribution >= 4 is 31.9 Å². The number of hydrogen-bond acceptors (Lipinski definition) is 4. The van der Waals surface area contributed by atoms with Gasteiger partial charge in [0.25, 0.3) is 0 Å². The van der Waals surface area contributed by atoms with Crippen LogP contribution in [0.5, 0.6) is 0 Å². The van der Waals surface area contributed by atoms with Crippen molar-refractivity contribution in [1.29, 1.82) is 0 Å². The second-order valence-corrected chi connectivity index (χ2v) is 7.40. The maximum absolute atomic E-state index is 13.5. The van der Waals surface area contributed by atoms with Gasteiger partial charge in [0.15, 0.2) is 0 Å². The fourth-order valence-electron chi connectivity index (χ4n) is 1.53. The van der Waals surface area contributed by atoms with Crippen molar-refractivity contribution in [2.24, 2.45) is 0 Å². The van der Waals surface area contributed by atoms with Crippen molar-refractivity contribution in [2.45, 2.75) is 4.90 Å². The molecule has 1 N–H and O–H groups in total. The van der Waals surface area contributed by atoms with E-state index in [2.05, 4.69) is 15.9 Å². The average Bonchev–Trinajstić information content (AvgIpc) is 2.36. The zero-order valence-electron chi connectivity index (χ0n) is 11.6.